The van der Waals surface area contributed by atoms with Crippen LogP contribution in [0.4, 0.5) is 0 Å². The van der Waals surface area contributed by atoms with Crippen LogP contribution in [0, 0.1) is 0 Å². The zero-order chi connectivity index (χ0) is 18.0. The maximum atomic E-state index is 12.9. The van der Waals surface area contributed by atoms with E-state index in [9.17, 15) is 4.79 Å². The lowest BCUT2D eigenvalue weighted by molar-refractivity contribution is 0.104. The molecule has 1 aromatic heterocycles. The largest absolute Gasteiger partial charge is 0.309 e. The van der Waals surface area contributed by atoms with Gasteiger partial charge in [0.25, 0.3) is 0 Å². The summed E-state index contributed by atoms with van der Waals surface area (Å²) in [4.78, 5) is 12.9. The second-order valence-corrected chi connectivity index (χ2v) is 6.95. The molecule has 1 heterocycles. The average Bonchev–Trinajstić information content (AvgIpc) is 3.22. The van der Waals surface area contributed by atoms with Crippen molar-refractivity contribution in [2.75, 3.05) is 0 Å². The van der Waals surface area contributed by atoms with Crippen molar-refractivity contribution in [3.05, 3.63) is 102 Å². The second-order valence-electron chi connectivity index (χ2n) is 6.95. The number of hydrogen-bond acceptors (Lipinski definition) is 1. The number of carbonyl (C=O) groups excluding carboxylic acids is 1. The predicted molar refractivity (Wildman–Crippen MR) is 110 cm³/mol. The Morgan fingerprint density at radius 1 is 0.556 bits per heavy atom. The molecule has 5 aromatic rings. The highest BCUT2D eigenvalue weighted by molar-refractivity contribution is 6.29. The zero-order valence-corrected chi connectivity index (χ0v) is 14.5. The number of carbonyl (C=O) groups is 1. The van der Waals surface area contributed by atoms with E-state index in [0.29, 0.717) is 0 Å². The van der Waals surface area contributed by atoms with Gasteiger partial charge in [-0.1, -0.05) is 60.7 Å². The zero-order valence-electron chi connectivity index (χ0n) is 14.5. The highest BCUT2D eigenvalue weighted by atomic mass is 16.1. The Balaban J connectivity index is 1.85. The molecule has 1 aliphatic carbocycles. The van der Waals surface area contributed by atoms with Crippen molar-refractivity contribution in [1.82, 2.24) is 4.57 Å². The van der Waals surface area contributed by atoms with Crippen LogP contribution in [0.1, 0.15) is 15.9 Å². The minimum absolute atomic E-state index is 0.124. The molecule has 126 valence electrons. The molecule has 0 saturated carbocycles. The number of aromatic nitrogens is 1. The van der Waals surface area contributed by atoms with Crippen LogP contribution >= 0.6 is 0 Å². The third-order valence-electron chi connectivity index (χ3n) is 5.54. The first kappa shape index (κ1) is 14.5. The molecular weight excluding hydrogens is 330 g/mol. The van der Waals surface area contributed by atoms with Crippen molar-refractivity contribution in [3.63, 3.8) is 0 Å². The number of fused-ring (bicyclic) bond motifs is 7. The predicted octanol–water partition coefficient (Wildman–Crippen LogP) is 6.00. The highest BCUT2D eigenvalue weighted by Crippen LogP contribution is 2.45. The van der Waals surface area contributed by atoms with E-state index in [4.69, 9.17) is 0 Å². The quantitative estimate of drug-likeness (QED) is 0.358. The molecule has 0 amide bonds. The molecule has 1 aliphatic rings. The SMILES string of the molecule is O=C1c2ccccc2-c2c1ccc1c2c2ccccc2n1-c1ccccc1. The van der Waals surface area contributed by atoms with Gasteiger partial charge in [0.1, 0.15) is 0 Å². The van der Waals surface area contributed by atoms with E-state index >= 15 is 0 Å². The lowest BCUT2D eigenvalue weighted by atomic mass is 9.99. The Labute approximate surface area is 156 Å². The first-order valence-corrected chi connectivity index (χ1v) is 9.10. The molecule has 0 N–H and O–H groups in total. The standard InChI is InChI=1S/C25H15NO/c27-25-18-11-5-4-10-17(18)23-20(25)14-15-22-24(23)19-12-6-7-13-21(19)26(22)16-8-2-1-3-9-16/h1-15H. The van der Waals surface area contributed by atoms with E-state index in [1.54, 1.807) is 0 Å². The third-order valence-corrected chi connectivity index (χ3v) is 5.54. The average molecular weight is 345 g/mol. The number of ketones is 1. The van der Waals surface area contributed by atoms with Crippen LogP contribution < -0.4 is 0 Å². The molecule has 0 aliphatic heterocycles. The summed E-state index contributed by atoms with van der Waals surface area (Å²) < 4.78 is 2.29. The minimum Gasteiger partial charge on any atom is -0.309 e. The van der Waals surface area contributed by atoms with Crippen molar-refractivity contribution < 1.29 is 4.79 Å². The van der Waals surface area contributed by atoms with E-state index < -0.39 is 0 Å². The van der Waals surface area contributed by atoms with Gasteiger partial charge in [0.05, 0.1) is 11.0 Å². The number of nitrogens with zero attached hydrogens (tertiary/aromatic N) is 1. The lowest BCUT2D eigenvalue weighted by Crippen LogP contribution is -1.95. The van der Waals surface area contributed by atoms with Gasteiger partial charge in [-0.2, -0.15) is 0 Å². The summed E-state index contributed by atoms with van der Waals surface area (Å²) in [5.41, 5.74) is 7.13. The molecule has 27 heavy (non-hydrogen) atoms. The van der Waals surface area contributed by atoms with Crippen LogP contribution in [0.3, 0.4) is 0 Å². The molecule has 0 saturated heterocycles. The number of benzene rings is 4. The van der Waals surface area contributed by atoms with Gasteiger partial charge >= 0.3 is 0 Å². The Hall–Kier alpha value is -3.65. The fourth-order valence-electron chi connectivity index (χ4n) is 4.43. The van der Waals surface area contributed by atoms with Crippen LogP contribution in [0.2, 0.25) is 0 Å². The molecule has 2 heteroatoms. The van der Waals surface area contributed by atoms with Gasteiger partial charge in [-0.15, -0.1) is 0 Å². The number of rotatable bonds is 1. The van der Waals surface area contributed by atoms with Crippen LogP contribution in [-0.4, -0.2) is 10.4 Å². The normalized spacial score (nSPS) is 12.5. The molecule has 4 aromatic carbocycles. The van der Waals surface area contributed by atoms with E-state index in [1.165, 1.54) is 5.39 Å². The van der Waals surface area contributed by atoms with E-state index in [-0.39, 0.29) is 5.78 Å². The summed E-state index contributed by atoms with van der Waals surface area (Å²) in [5.74, 6) is 0.124. The van der Waals surface area contributed by atoms with Crippen LogP contribution in [0.25, 0.3) is 38.6 Å². The van der Waals surface area contributed by atoms with Gasteiger partial charge < -0.3 is 4.57 Å². The Morgan fingerprint density at radius 2 is 1.26 bits per heavy atom. The van der Waals surface area contributed by atoms with Crippen molar-refractivity contribution in [3.8, 4) is 16.8 Å². The number of hydrogen-bond donors (Lipinski definition) is 0. The molecule has 0 unspecified atom stereocenters. The van der Waals surface area contributed by atoms with Gasteiger partial charge in [0.15, 0.2) is 5.78 Å². The van der Waals surface area contributed by atoms with Crippen LogP contribution in [-0.2, 0) is 0 Å². The maximum Gasteiger partial charge on any atom is 0.194 e. The van der Waals surface area contributed by atoms with Gasteiger partial charge in [0, 0.05) is 33.2 Å². The summed E-state index contributed by atoms with van der Waals surface area (Å²) in [5, 5.41) is 2.34. The first-order chi connectivity index (χ1) is 13.3. The van der Waals surface area contributed by atoms with Crippen molar-refractivity contribution >= 4 is 27.6 Å². The molecule has 0 bridgehead atoms. The smallest absolute Gasteiger partial charge is 0.194 e. The van der Waals surface area contributed by atoms with Crippen LogP contribution in [0.5, 0.6) is 0 Å². The first-order valence-electron chi connectivity index (χ1n) is 9.10. The monoisotopic (exact) mass is 345 g/mol. The highest BCUT2D eigenvalue weighted by Gasteiger charge is 2.30. The number of para-hydroxylation sites is 2. The lowest BCUT2D eigenvalue weighted by Gasteiger charge is -2.08. The topological polar surface area (TPSA) is 22.0 Å². The minimum atomic E-state index is 0.124. The Morgan fingerprint density at radius 3 is 2.11 bits per heavy atom. The fourth-order valence-corrected chi connectivity index (χ4v) is 4.43. The van der Waals surface area contributed by atoms with Gasteiger partial charge in [0.2, 0.25) is 0 Å². The summed E-state index contributed by atoms with van der Waals surface area (Å²) in [7, 11) is 0. The van der Waals surface area contributed by atoms with Crippen molar-refractivity contribution in [2.24, 2.45) is 0 Å². The Kier molecular flexibility index (Phi) is 2.78. The second kappa shape index (κ2) is 5.18. The molecule has 6 rings (SSSR count). The summed E-state index contributed by atoms with van der Waals surface area (Å²) >= 11 is 0. The summed E-state index contributed by atoms with van der Waals surface area (Å²) in [6.45, 7) is 0. The molecule has 0 atom stereocenters. The van der Waals surface area contributed by atoms with Crippen molar-refractivity contribution in [1.29, 1.82) is 0 Å². The van der Waals surface area contributed by atoms with Crippen molar-refractivity contribution in [2.45, 2.75) is 0 Å². The van der Waals surface area contributed by atoms with Gasteiger partial charge in [-0.25, -0.2) is 0 Å². The van der Waals surface area contributed by atoms with Gasteiger partial charge in [-0.05, 0) is 35.9 Å². The fraction of sp³-hybridized carbons (Fsp3) is 0. The van der Waals surface area contributed by atoms with Crippen LogP contribution in [0.15, 0.2) is 91.0 Å². The third kappa shape index (κ3) is 1.82. The van der Waals surface area contributed by atoms with E-state index in [1.807, 2.05) is 30.3 Å². The summed E-state index contributed by atoms with van der Waals surface area (Å²) in [6.07, 6.45) is 0. The maximum absolute atomic E-state index is 12.9. The van der Waals surface area contributed by atoms with E-state index in [0.717, 1.165) is 44.4 Å². The molecule has 2 nitrogen and oxygen atoms in total. The molecule has 0 radical (unpaired) electrons. The van der Waals surface area contributed by atoms with E-state index in [2.05, 4.69) is 65.2 Å². The summed E-state index contributed by atoms with van der Waals surface area (Å²) in [6, 6.07) is 30.9. The molecule has 0 spiro atoms. The molecular formula is C25H15NO. The Bertz CT molecular complexity index is 1380. The molecule has 0 fully saturated rings. The van der Waals surface area contributed by atoms with Gasteiger partial charge in [-0.3, -0.25) is 4.79 Å².